The molecule has 0 radical (unpaired) electrons. The molecule has 1 aromatic heterocycles. The van der Waals surface area contributed by atoms with Gasteiger partial charge in [-0.05, 0) is 26.0 Å². The van der Waals surface area contributed by atoms with Crippen LogP contribution >= 0.6 is 11.8 Å². The standard InChI is InChI=1S/C18H20N4O4S/c1-3-26-15(23)8-19-17(24)18(25)20-16-13-9-27-10-14(13)21-22(16)12-6-4-11(2)5-7-12/h4-7H,3,8-10H2,1-2H3,(H,19,24)(H,20,25). The SMILES string of the molecule is CCOC(=O)CNC(=O)C(=O)Nc1c2c(nn1-c1ccc(C)cc1)CSC2. The number of hydrogen-bond donors (Lipinski definition) is 2. The fraction of sp³-hybridized carbons (Fsp3) is 0.333. The summed E-state index contributed by atoms with van der Waals surface area (Å²) in [6.45, 7) is 3.50. The number of anilines is 1. The van der Waals surface area contributed by atoms with E-state index in [0.29, 0.717) is 11.6 Å². The van der Waals surface area contributed by atoms with Gasteiger partial charge in [0.2, 0.25) is 0 Å². The number of carbonyl (C=O) groups excluding carboxylic acids is 3. The van der Waals surface area contributed by atoms with E-state index in [0.717, 1.165) is 28.3 Å². The summed E-state index contributed by atoms with van der Waals surface area (Å²) in [5.41, 5.74) is 3.70. The third-order valence-corrected chi connectivity index (χ3v) is 4.94. The summed E-state index contributed by atoms with van der Waals surface area (Å²) >= 11 is 1.70. The number of rotatable bonds is 5. The van der Waals surface area contributed by atoms with Gasteiger partial charge in [-0.3, -0.25) is 14.4 Å². The predicted molar refractivity (Wildman–Crippen MR) is 102 cm³/mol. The van der Waals surface area contributed by atoms with Gasteiger partial charge in [0.05, 0.1) is 18.0 Å². The summed E-state index contributed by atoms with van der Waals surface area (Å²) in [6.07, 6.45) is 0. The molecule has 0 aliphatic carbocycles. The van der Waals surface area contributed by atoms with E-state index in [1.807, 2.05) is 31.2 Å². The van der Waals surface area contributed by atoms with E-state index in [4.69, 9.17) is 4.74 Å². The molecule has 1 aliphatic heterocycles. The van der Waals surface area contributed by atoms with Crippen molar-refractivity contribution < 1.29 is 19.1 Å². The van der Waals surface area contributed by atoms with E-state index in [1.165, 1.54) is 0 Å². The van der Waals surface area contributed by atoms with E-state index in [9.17, 15) is 14.4 Å². The van der Waals surface area contributed by atoms with Crippen molar-refractivity contribution in [2.75, 3.05) is 18.5 Å². The first kappa shape index (κ1) is 19.0. The molecule has 3 rings (SSSR count). The van der Waals surface area contributed by atoms with Crippen LogP contribution in [0.2, 0.25) is 0 Å². The molecule has 2 aromatic rings. The summed E-state index contributed by atoms with van der Waals surface area (Å²) in [4.78, 5) is 35.6. The van der Waals surface area contributed by atoms with Crippen molar-refractivity contribution in [3.8, 4) is 5.69 Å². The Hall–Kier alpha value is -2.81. The van der Waals surface area contributed by atoms with Crippen molar-refractivity contribution >= 4 is 35.4 Å². The van der Waals surface area contributed by atoms with Gasteiger partial charge in [-0.15, -0.1) is 0 Å². The maximum Gasteiger partial charge on any atom is 0.325 e. The number of nitrogens with one attached hydrogen (secondary N) is 2. The van der Waals surface area contributed by atoms with Gasteiger partial charge >= 0.3 is 17.8 Å². The van der Waals surface area contributed by atoms with Crippen molar-refractivity contribution in [1.82, 2.24) is 15.1 Å². The Morgan fingerprint density at radius 1 is 1.19 bits per heavy atom. The second-order valence-electron chi connectivity index (χ2n) is 5.96. The first-order chi connectivity index (χ1) is 13.0. The van der Waals surface area contributed by atoms with E-state index < -0.39 is 17.8 Å². The largest absolute Gasteiger partial charge is 0.465 e. The zero-order chi connectivity index (χ0) is 19.4. The minimum Gasteiger partial charge on any atom is -0.465 e. The number of fused-ring (bicyclic) bond motifs is 1. The first-order valence-corrected chi connectivity index (χ1v) is 9.65. The number of benzene rings is 1. The van der Waals surface area contributed by atoms with Gasteiger partial charge in [0.1, 0.15) is 12.4 Å². The molecule has 142 valence electrons. The third-order valence-electron chi connectivity index (χ3n) is 3.97. The molecular formula is C18H20N4O4S. The number of thioether (sulfide) groups is 1. The van der Waals surface area contributed by atoms with Gasteiger partial charge in [-0.1, -0.05) is 17.7 Å². The predicted octanol–water partition coefficient (Wildman–Crippen LogP) is 1.55. The number of aromatic nitrogens is 2. The summed E-state index contributed by atoms with van der Waals surface area (Å²) < 4.78 is 6.36. The molecular weight excluding hydrogens is 368 g/mol. The average molecular weight is 388 g/mol. The summed E-state index contributed by atoms with van der Waals surface area (Å²) in [7, 11) is 0. The number of carbonyl (C=O) groups is 3. The van der Waals surface area contributed by atoms with Crippen LogP contribution in [0.4, 0.5) is 5.82 Å². The van der Waals surface area contributed by atoms with Crippen LogP contribution in [0, 0.1) is 6.92 Å². The van der Waals surface area contributed by atoms with E-state index in [-0.39, 0.29) is 13.2 Å². The molecule has 0 bridgehead atoms. The van der Waals surface area contributed by atoms with Crippen LogP contribution in [-0.2, 0) is 30.6 Å². The minimum absolute atomic E-state index is 0.209. The molecule has 0 atom stereocenters. The van der Waals surface area contributed by atoms with Crippen molar-refractivity contribution in [3.05, 3.63) is 41.1 Å². The lowest BCUT2D eigenvalue weighted by atomic mass is 10.2. The molecule has 0 spiro atoms. The molecule has 8 nitrogen and oxygen atoms in total. The number of ether oxygens (including phenoxy) is 1. The Labute approximate surface area is 160 Å². The number of nitrogens with zero attached hydrogens (tertiary/aromatic N) is 2. The van der Waals surface area contributed by atoms with Gasteiger partial charge in [0.15, 0.2) is 0 Å². The highest BCUT2D eigenvalue weighted by Gasteiger charge is 2.26. The lowest BCUT2D eigenvalue weighted by molar-refractivity contribution is -0.144. The molecule has 1 aromatic carbocycles. The smallest absolute Gasteiger partial charge is 0.325 e. The fourth-order valence-corrected chi connectivity index (χ4v) is 3.66. The minimum atomic E-state index is -0.904. The molecule has 1 aliphatic rings. The van der Waals surface area contributed by atoms with Gasteiger partial charge in [-0.2, -0.15) is 16.9 Å². The highest BCUT2D eigenvalue weighted by atomic mass is 32.2. The number of esters is 1. The second-order valence-corrected chi connectivity index (χ2v) is 6.94. The number of hydrogen-bond acceptors (Lipinski definition) is 6. The zero-order valence-electron chi connectivity index (χ0n) is 15.1. The van der Waals surface area contributed by atoms with Gasteiger partial charge in [-0.25, -0.2) is 4.68 Å². The molecule has 27 heavy (non-hydrogen) atoms. The Kier molecular flexibility index (Phi) is 5.80. The Morgan fingerprint density at radius 3 is 2.63 bits per heavy atom. The van der Waals surface area contributed by atoms with Gasteiger partial charge in [0.25, 0.3) is 0 Å². The maximum absolute atomic E-state index is 12.3. The lowest BCUT2D eigenvalue weighted by Gasteiger charge is -2.11. The van der Waals surface area contributed by atoms with Crippen LogP contribution in [-0.4, -0.2) is 40.7 Å². The van der Waals surface area contributed by atoms with Crippen LogP contribution < -0.4 is 10.6 Å². The molecule has 0 unspecified atom stereocenters. The van der Waals surface area contributed by atoms with Crippen LogP contribution in [0.3, 0.4) is 0 Å². The molecule has 0 fully saturated rings. The monoisotopic (exact) mass is 388 g/mol. The van der Waals surface area contributed by atoms with E-state index in [1.54, 1.807) is 23.4 Å². The van der Waals surface area contributed by atoms with Crippen molar-refractivity contribution in [1.29, 1.82) is 0 Å². The zero-order valence-corrected chi connectivity index (χ0v) is 15.9. The summed E-state index contributed by atoms with van der Waals surface area (Å²) in [5.74, 6) is -0.407. The Morgan fingerprint density at radius 2 is 1.93 bits per heavy atom. The summed E-state index contributed by atoms with van der Waals surface area (Å²) in [5, 5.41) is 9.47. The first-order valence-electron chi connectivity index (χ1n) is 8.50. The third kappa shape index (κ3) is 4.30. The van der Waals surface area contributed by atoms with E-state index in [2.05, 4.69) is 15.7 Å². The molecule has 9 heteroatoms. The van der Waals surface area contributed by atoms with Gasteiger partial charge in [0, 0.05) is 17.1 Å². The fourth-order valence-electron chi connectivity index (χ4n) is 2.62. The van der Waals surface area contributed by atoms with Crippen LogP contribution in [0.1, 0.15) is 23.7 Å². The van der Waals surface area contributed by atoms with Crippen LogP contribution in [0.5, 0.6) is 0 Å². The van der Waals surface area contributed by atoms with Crippen molar-refractivity contribution in [2.24, 2.45) is 0 Å². The quantitative estimate of drug-likeness (QED) is 0.595. The number of amides is 2. The molecule has 2 N–H and O–H groups in total. The average Bonchev–Trinajstić information content (AvgIpc) is 3.23. The van der Waals surface area contributed by atoms with Crippen LogP contribution in [0.15, 0.2) is 24.3 Å². The molecule has 0 saturated heterocycles. The molecule has 0 saturated carbocycles. The normalized spacial score (nSPS) is 12.4. The topological polar surface area (TPSA) is 102 Å². The Balaban J connectivity index is 1.77. The van der Waals surface area contributed by atoms with Gasteiger partial charge < -0.3 is 15.4 Å². The molecule has 2 heterocycles. The second kappa shape index (κ2) is 8.26. The highest BCUT2D eigenvalue weighted by molar-refractivity contribution is 7.98. The van der Waals surface area contributed by atoms with Crippen LogP contribution in [0.25, 0.3) is 5.69 Å². The van der Waals surface area contributed by atoms with Crippen molar-refractivity contribution in [3.63, 3.8) is 0 Å². The lowest BCUT2D eigenvalue weighted by Crippen LogP contribution is -2.39. The highest BCUT2D eigenvalue weighted by Crippen LogP contribution is 2.36. The van der Waals surface area contributed by atoms with E-state index >= 15 is 0 Å². The number of aryl methyl sites for hydroxylation is 1. The summed E-state index contributed by atoms with van der Waals surface area (Å²) in [6, 6.07) is 7.71. The maximum atomic E-state index is 12.3. The Bertz CT molecular complexity index is 876. The van der Waals surface area contributed by atoms with Crippen molar-refractivity contribution in [2.45, 2.75) is 25.4 Å². The molecule has 2 amide bonds.